The van der Waals surface area contributed by atoms with Crippen molar-refractivity contribution in [3.8, 4) is 22.9 Å². The lowest BCUT2D eigenvalue weighted by Crippen LogP contribution is -2.20. The molecule has 0 amide bonds. The summed E-state index contributed by atoms with van der Waals surface area (Å²) in [5, 5.41) is 16.3. The van der Waals surface area contributed by atoms with Gasteiger partial charge in [-0.15, -0.1) is 0 Å². The van der Waals surface area contributed by atoms with E-state index in [2.05, 4.69) is 16.3 Å². The van der Waals surface area contributed by atoms with Gasteiger partial charge in [0.15, 0.2) is 5.65 Å². The first-order valence-corrected chi connectivity index (χ1v) is 7.94. The molecule has 0 aliphatic heterocycles. The monoisotopic (exact) mass is 320 g/mol. The predicted octanol–water partition coefficient (Wildman–Crippen LogP) is 2.45. The van der Waals surface area contributed by atoms with Crippen molar-refractivity contribution in [3.63, 3.8) is 0 Å². The number of ether oxygens (including phenoxy) is 1. The van der Waals surface area contributed by atoms with E-state index in [4.69, 9.17) is 4.74 Å². The molecule has 0 unspecified atom stereocenters. The zero-order valence-corrected chi connectivity index (χ0v) is 13.3. The molecule has 0 bridgehead atoms. The molecule has 6 nitrogen and oxygen atoms in total. The number of nitrogens with one attached hydrogen (secondary N) is 1. The van der Waals surface area contributed by atoms with Gasteiger partial charge in [-0.3, -0.25) is 0 Å². The number of nitrogens with zero attached hydrogens (tertiary/aromatic N) is 3. The van der Waals surface area contributed by atoms with Gasteiger partial charge in [0, 0.05) is 11.3 Å². The SMILES string of the molecule is COc1ccc(-c2c3c(n4c(=O)[nH]nc4c2C#N)CCCC3)cc1. The van der Waals surface area contributed by atoms with Crippen molar-refractivity contribution >= 4 is 5.65 Å². The molecule has 0 saturated heterocycles. The van der Waals surface area contributed by atoms with Crippen LogP contribution in [0.3, 0.4) is 0 Å². The van der Waals surface area contributed by atoms with Gasteiger partial charge in [-0.25, -0.2) is 14.3 Å². The number of nitriles is 1. The van der Waals surface area contributed by atoms with Crippen molar-refractivity contribution < 1.29 is 4.74 Å². The van der Waals surface area contributed by atoms with Gasteiger partial charge < -0.3 is 4.74 Å². The molecule has 2 aromatic heterocycles. The molecule has 1 aromatic carbocycles. The van der Waals surface area contributed by atoms with Crippen LogP contribution in [0.15, 0.2) is 29.1 Å². The molecule has 0 fully saturated rings. The predicted molar refractivity (Wildman–Crippen MR) is 89.2 cm³/mol. The molecule has 0 radical (unpaired) electrons. The van der Waals surface area contributed by atoms with Gasteiger partial charge in [-0.1, -0.05) is 12.1 Å². The number of rotatable bonds is 2. The molecule has 0 saturated carbocycles. The van der Waals surface area contributed by atoms with Crippen molar-refractivity contribution in [2.75, 3.05) is 7.11 Å². The van der Waals surface area contributed by atoms with Crippen molar-refractivity contribution in [1.82, 2.24) is 14.6 Å². The van der Waals surface area contributed by atoms with Crippen LogP contribution in [0.25, 0.3) is 16.8 Å². The van der Waals surface area contributed by atoms with Crippen molar-refractivity contribution in [3.05, 3.63) is 51.6 Å². The molecule has 0 spiro atoms. The van der Waals surface area contributed by atoms with Crippen LogP contribution >= 0.6 is 0 Å². The van der Waals surface area contributed by atoms with Crippen molar-refractivity contribution in [1.29, 1.82) is 5.26 Å². The summed E-state index contributed by atoms with van der Waals surface area (Å²) >= 11 is 0. The Hall–Kier alpha value is -3.07. The molecular formula is C18H16N4O2. The molecule has 3 aromatic rings. The summed E-state index contributed by atoms with van der Waals surface area (Å²) in [7, 11) is 1.62. The van der Waals surface area contributed by atoms with E-state index in [-0.39, 0.29) is 5.69 Å². The second-order valence-electron chi connectivity index (χ2n) is 5.91. The van der Waals surface area contributed by atoms with E-state index in [0.717, 1.165) is 53.8 Å². The topological polar surface area (TPSA) is 83.2 Å². The fraction of sp³-hybridized carbons (Fsp3) is 0.278. The largest absolute Gasteiger partial charge is 0.497 e. The van der Waals surface area contributed by atoms with Crippen LogP contribution in [0.5, 0.6) is 5.75 Å². The first-order chi connectivity index (χ1) is 11.7. The van der Waals surface area contributed by atoms with E-state index in [9.17, 15) is 10.1 Å². The Morgan fingerprint density at radius 2 is 2.00 bits per heavy atom. The smallest absolute Gasteiger partial charge is 0.347 e. The number of hydrogen-bond donors (Lipinski definition) is 1. The molecular weight excluding hydrogens is 304 g/mol. The Morgan fingerprint density at radius 1 is 1.25 bits per heavy atom. The van der Waals surface area contributed by atoms with Crippen LogP contribution < -0.4 is 10.4 Å². The first kappa shape index (κ1) is 14.5. The Bertz CT molecular complexity index is 1020. The van der Waals surface area contributed by atoms with Crippen LogP contribution in [-0.2, 0) is 12.8 Å². The summed E-state index contributed by atoms with van der Waals surface area (Å²) in [6.45, 7) is 0. The van der Waals surface area contributed by atoms with Crippen LogP contribution in [0.1, 0.15) is 29.7 Å². The maximum Gasteiger partial charge on any atom is 0.347 e. The molecule has 4 rings (SSSR count). The third-order valence-electron chi connectivity index (χ3n) is 4.65. The van der Waals surface area contributed by atoms with E-state index in [1.807, 2.05) is 24.3 Å². The molecule has 120 valence electrons. The van der Waals surface area contributed by atoms with Crippen LogP contribution in [0, 0.1) is 11.3 Å². The number of aromatic amines is 1. The van der Waals surface area contributed by atoms with Gasteiger partial charge in [-0.05, 0) is 48.9 Å². The van der Waals surface area contributed by atoms with Gasteiger partial charge in [0.05, 0.1) is 7.11 Å². The second kappa shape index (κ2) is 5.53. The Kier molecular flexibility index (Phi) is 3.35. The van der Waals surface area contributed by atoms with E-state index in [0.29, 0.717) is 11.2 Å². The number of H-pyrrole nitrogens is 1. The maximum absolute atomic E-state index is 12.2. The van der Waals surface area contributed by atoms with E-state index >= 15 is 0 Å². The fourth-order valence-electron chi connectivity index (χ4n) is 3.57. The number of fused-ring (bicyclic) bond motifs is 3. The van der Waals surface area contributed by atoms with Crippen molar-refractivity contribution in [2.24, 2.45) is 0 Å². The van der Waals surface area contributed by atoms with Gasteiger partial charge in [0.2, 0.25) is 0 Å². The lowest BCUT2D eigenvalue weighted by Gasteiger charge is -2.22. The number of hydrogen-bond acceptors (Lipinski definition) is 4. The highest BCUT2D eigenvalue weighted by molar-refractivity contribution is 5.81. The maximum atomic E-state index is 12.2. The average Bonchev–Trinajstić information content (AvgIpc) is 3.02. The quantitative estimate of drug-likeness (QED) is 0.786. The minimum absolute atomic E-state index is 0.277. The van der Waals surface area contributed by atoms with Crippen molar-refractivity contribution in [2.45, 2.75) is 25.7 Å². The standard InChI is InChI=1S/C18H16N4O2/c1-24-12-8-6-11(7-9-12)16-13-4-2-3-5-15(13)22-17(14(16)10-19)20-21-18(22)23/h6-9H,2-5H2,1H3,(H,21,23). The van der Waals surface area contributed by atoms with Crippen LogP contribution in [0.4, 0.5) is 0 Å². The summed E-state index contributed by atoms with van der Waals surface area (Å²) < 4.78 is 6.79. The summed E-state index contributed by atoms with van der Waals surface area (Å²) in [5.74, 6) is 0.767. The average molecular weight is 320 g/mol. The molecule has 1 aliphatic rings. The zero-order valence-electron chi connectivity index (χ0n) is 13.3. The minimum atomic E-state index is -0.277. The number of benzene rings is 1. The third-order valence-corrected chi connectivity index (χ3v) is 4.65. The van der Waals surface area contributed by atoms with Crippen LogP contribution in [0.2, 0.25) is 0 Å². The fourth-order valence-corrected chi connectivity index (χ4v) is 3.57. The highest BCUT2D eigenvalue weighted by Crippen LogP contribution is 2.36. The summed E-state index contributed by atoms with van der Waals surface area (Å²) in [4.78, 5) is 12.2. The Labute approximate surface area is 138 Å². The normalized spacial score (nSPS) is 13.5. The van der Waals surface area contributed by atoms with Gasteiger partial charge in [0.25, 0.3) is 0 Å². The van der Waals surface area contributed by atoms with Gasteiger partial charge in [0.1, 0.15) is 17.4 Å². The summed E-state index contributed by atoms with van der Waals surface area (Å²) in [6.07, 6.45) is 3.77. The number of aromatic nitrogens is 3. The van der Waals surface area contributed by atoms with E-state index in [1.54, 1.807) is 11.5 Å². The zero-order chi connectivity index (χ0) is 16.7. The number of pyridine rings is 1. The highest BCUT2D eigenvalue weighted by Gasteiger charge is 2.25. The second-order valence-corrected chi connectivity index (χ2v) is 5.91. The first-order valence-electron chi connectivity index (χ1n) is 7.94. The minimum Gasteiger partial charge on any atom is -0.497 e. The Morgan fingerprint density at radius 3 is 2.71 bits per heavy atom. The summed E-state index contributed by atoms with van der Waals surface area (Å²) in [5.41, 5.74) is 4.47. The lowest BCUT2D eigenvalue weighted by atomic mass is 9.86. The molecule has 1 N–H and O–H groups in total. The van der Waals surface area contributed by atoms with Crippen LogP contribution in [-0.4, -0.2) is 21.7 Å². The number of aryl methyl sites for hydroxylation is 1. The van der Waals surface area contributed by atoms with Gasteiger partial charge in [-0.2, -0.15) is 10.4 Å². The molecule has 6 heteroatoms. The highest BCUT2D eigenvalue weighted by atomic mass is 16.5. The van der Waals surface area contributed by atoms with Gasteiger partial charge >= 0.3 is 5.69 Å². The molecule has 0 atom stereocenters. The third kappa shape index (κ3) is 2.02. The summed E-state index contributed by atoms with van der Waals surface area (Å²) in [6, 6.07) is 9.92. The lowest BCUT2D eigenvalue weighted by molar-refractivity contribution is 0.415. The molecule has 24 heavy (non-hydrogen) atoms. The molecule has 2 heterocycles. The van der Waals surface area contributed by atoms with E-state index < -0.39 is 0 Å². The molecule has 1 aliphatic carbocycles. The number of methoxy groups -OCH3 is 1. The van der Waals surface area contributed by atoms with E-state index in [1.165, 1.54) is 0 Å². The Balaban J connectivity index is 2.10.